The van der Waals surface area contributed by atoms with Crippen molar-refractivity contribution in [1.29, 1.82) is 0 Å². The monoisotopic (exact) mass is 269 g/mol. The van der Waals surface area contributed by atoms with Crippen molar-refractivity contribution in [2.45, 2.75) is 12.8 Å². The summed E-state index contributed by atoms with van der Waals surface area (Å²) in [7, 11) is 1.70. The van der Waals surface area contributed by atoms with Gasteiger partial charge in [0.05, 0.1) is 0 Å². The fourth-order valence-electron chi connectivity index (χ4n) is 1.40. The van der Waals surface area contributed by atoms with Crippen molar-refractivity contribution in [3.05, 3.63) is 28.6 Å². The predicted molar refractivity (Wildman–Crippen MR) is 60.9 cm³/mol. The lowest BCUT2D eigenvalue weighted by atomic mass is 10.3. The molecule has 5 heteroatoms. The van der Waals surface area contributed by atoms with Crippen molar-refractivity contribution in [1.82, 2.24) is 14.6 Å². The van der Waals surface area contributed by atoms with Crippen LogP contribution in [0.15, 0.2) is 22.8 Å². The number of aromatic nitrogens is 3. The van der Waals surface area contributed by atoms with E-state index in [9.17, 15) is 0 Å². The summed E-state index contributed by atoms with van der Waals surface area (Å²) in [5, 5.41) is 4.39. The minimum atomic E-state index is 0.747. The van der Waals surface area contributed by atoms with Crippen molar-refractivity contribution in [2.75, 3.05) is 13.7 Å². The molecule has 0 saturated carbocycles. The quantitative estimate of drug-likeness (QED) is 0.630. The lowest BCUT2D eigenvalue weighted by molar-refractivity contribution is 0.194. The molecular weight excluding hydrogens is 258 g/mol. The van der Waals surface area contributed by atoms with Crippen LogP contribution in [0.3, 0.4) is 0 Å². The molecular formula is C10H12BrN3O. The van der Waals surface area contributed by atoms with Crippen molar-refractivity contribution in [3.8, 4) is 0 Å². The Kier molecular flexibility index (Phi) is 3.33. The third-order valence-corrected chi connectivity index (χ3v) is 2.71. The summed E-state index contributed by atoms with van der Waals surface area (Å²) in [6.07, 6.45) is 1.80. The second kappa shape index (κ2) is 4.72. The molecule has 0 fully saturated rings. The lowest BCUT2D eigenvalue weighted by Crippen LogP contribution is -1.95. The summed E-state index contributed by atoms with van der Waals surface area (Å²) in [5.41, 5.74) is 0.872. The van der Waals surface area contributed by atoms with Crippen LogP contribution >= 0.6 is 15.9 Å². The van der Waals surface area contributed by atoms with Crippen LogP contribution in [0.2, 0.25) is 0 Å². The first-order chi connectivity index (χ1) is 7.31. The molecule has 2 aromatic heterocycles. The molecule has 0 amide bonds. The van der Waals surface area contributed by atoms with Gasteiger partial charge in [-0.05, 0) is 34.5 Å². The molecule has 4 nitrogen and oxygen atoms in total. The third-order valence-electron chi connectivity index (χ3n) is 2.11. The van der Waals surface area contributed by atoms with Crippen molar-refractivity contribution in [3.63, 3.8) is 0 Å². The van der Waals surface area contributed by atoms with Crippen LogP contribution in [0.4, 0.5) is 0 Å². The SMILES string of the molecule is COCCCc1nc2cccc(Br)n2n1. The first kappa shape index (κ1) is 10.6. The van der Waals surface area contributed by atoms with Gasteiger partial charge in [0.25, 0.3) is 0 Å². The van der Waals surface area contributed by atoms with E-state index in [4.69, 9.17) is 4.74 Å². The smallest absolute Gasteiger partial charge is 0.156 e. The number of ether oxygens (including phenoxy) is 1. The molecule has 0 atom stereocenters. The lowest BCUT2D eigenvalue weighted by Gasteiger charge is -1.94. The van der Waals surface area contributed by atoms with Gasteiger partial charge in [0.1, 0.15) is 4.60 Å². The van der Waals surface area contributed by atoms with Gasteiger partial charge >= 0.3 is 0 Å². The first-order valence-corrected chi connectivity index (χ1v) is 5.59. The Morgan fingerprint density at radius 2 is 2.33 bits per heavy atom. The summed E-state index contributed by atoms with van der Waals surface area (Å²) in [4.78, 5) is 4.41. The number of pyridine rings is 1. The van der Waals surface area contributed by atoms with Gasteiger partial charge in [-0.2, -0.15) is 5.10 Å². The highest BCUT2D eigenvalue weighted by Gasteiger charge is 2.04. The number of hydrogen-bond acceptors (Lipinski definition) is 3. The largest absolute Gasteiger partial charge is 0.385 e. The maximum absolute atomic E-state index is 4.99. The predicted octanol–water partition coefficient (Wildman–Crippen LogP) is 2.07. The minimum Gasteiger partial charge on any atom is -0.385 e. The standard InChI is InChI=1S/C10H12BrN3O/c1-15-7-3-5-9-12-10-6-2-4-8(11)14(10)13-9/h2,4,6H,3,5,7H2,1H3. The van der Waals surface area contributed by atoms with Crippen LogP contribution < -0.4 is 0 Å². The number of rotatable bonds is 4. The molecule has 0 bridgehead atoms. The molecule has 2 heterocycles. The Bertz CT molecular complexity index is 455. The van der Waals surface area contributed by atoms with E-state index in [1.54, 1.807) is 11.6 Å². The normalized spacial score (nSPS) is 11.1. The number of nitrogens with zero attached hydrogens (tertiary/aromatic N) is 3. The zero-order valence-electron chi connectivity index (χ0n) is 8.48. The fraction of sp³-hybridized carbons (Fsp3) is 0.400. The van der Waals surface area contributed by atoms with Gasteiger partial charge in [0.2, 0.25) is 0 Å². The molecule has 0 saturated heterocycles. The molecule has 0 spiro atoms. The Balaban J connectivity index is 2.20. The Hall–Kier alpha value is -0.940. The van der Waals surface area contributed by atoms with Gasteiger partial charge in [-0.15, -0.1) is 0 Å². The second-order valence-corrected chi connectivity index (χ2v) is 4.06. The van der Waals surface area contributed by atoms with E-state index >= 15 is 0 Å². The molecule has 0 N–H and O–H groups in total. The number of hydrogen-bond donors (Lipinski definition) is 0. The molecule has 2 rings (SSSR count). The number of methoxy groups -OCH3 is 1. The van der Waals surface area contributed by atoms with E-state index in [2.05, 4.69) is 26.0 Å². The number of fused-ring (bicyclic) bond motifs is 1. The van der Waals surface area contributed by atoms with E-state index in [0.29, 0.717) is 0 Å². The Morgan fingerprint density at radius 3 is 3.07 bits per heavy atom. The van der Waals surface area contributed by atoms with E-state index in [1.807, 2.05) is 18.2 Å². The second-order valence-electron chi connectivity index (χ2n) is 3.24. The van der Waals surface area contributed by atoms with Crippen molar-refractivity contribution in [2.24, 2.45) is 0 Å². The third kappa shape index (κ3) is 2.35. The van der Waals surface area contributed by atoms with Crippen molar-refractivity contribution >= 4 is 21.6 Å². The van der Waals surface area contributed by atoms with Gasteiger partial charge in [-0.25, -0.2) is 9.50 Å². The van der Waals surface area contributed by atoms with Gasteiger partial charge in [-0.1, -0.05) is 6.07 Å². The van der Waals surface area contributed by atoms with Gasteiger partial charge in [0, 0.05) is 20.1 Å². The average molecular weight is 270 g/mol. The summed E-state index contributed by atoms with van der Waals surface area (Å²) in [6, 6.07) is 5.84. The Labute approximate surface area is 96.4 Å². The fourth-order valence-corrected chi connectivity index (χ4v) is 1.81. The van der Waals surface area contributed by atoms with Crippen molar-refractivity contribution < 1.29 is 4.74 Å². The van der Waals surface area contributed by atoms with Gasteiger partial charge < -0.3 is 4.74 Å². The maximum atomic E-state index is 4.99. The summed E-state index contributed by atoms with van der Waals surface area (Å²) in [6.45, 7) is 0.747. The van der Waals surface area contributed by atoms with E-state index in [0.717, 1.165) is 35.5 Å². The van der Waals surface area contributed by atoms with Crippen LogP contribution in [-0.4, -0.2) is 28.3 Å². The summed E-state index contributed by atoms with van der Waals surface area (Å²) in [5.74, 6) is 0.860. The number of halogens is 1. The highest BCUT2D eigenvalue weighted by atomic mass is 79.9. The maximum Gasteiger partial charge on any atom is 0.156 e. The molecule has 80 valence electrons. The topological polar surface area (TPSA) is 39.4 Å². The summed E-state index contributed by atoms with van der Waals surface area (Å²) >= 11 is 3.43. The van der Waals surface area contributed by atoms with Gasteiger partial charge in [0.15, 0.2) is 11.5 Å². The number of aryl methyl sites for hydroxylation is 1. The molecule has 0 aliphatic heterocycles. The van der Waals surface area contributed by atoms with Crippen LogP contribution in [0.25, 0.3) is 5.65 Å². The molecule has 0 unspecified atom stereocenters. The molecule has 0 aliphatic rings. The van der Waals surface area contributed by atoms with Gasteiger partial charge in [-0.3, -0.25) is 0 Å². The van der Waals surface area contributed by atoms with Crippen LogP contribution in [0.1, 0.15) is 12.2 Å². The van der Waals surface area contributed by atoms with E-state index in [-0.39, 0.29) is 0 Å². The molecule has 0 radical (unpaired) electrons. The molecule has 2 aromatic rings. The highest BCUT2D eigenvalue weighted by molar-refractivity contribution is 9.10. The molecule has 0 aromatic carbocycles. The van der Waals surface area contributed by atoms with Crippen LogP contribution in [-0.2, 0) is 11.2 Å². The van der Waals surface area contributed by atoms with Crippen LogP contribution in [0.5, 0.6) is 0 Å². The van der Waals surface area contributed by atoms with Crippen LogP contribution in [0, 0.1) is 0 Å². The van der Waals surface area contributed by atoms with E-state index in [1.165, 1.54) is 0 Å². The van der Waals surface area contributed by atoms with E-state index < -0.39 is 0 Å². The molecule has 15 heavy (non-hydrogen) atoms. The zero-order chi connectivity index (χ0) is 10.7. The first-order valence-electron chi connectivity index (χ1n) is 4.80. The average Bonchev–Trinajstić information content (AvgIpc) is 2.63. The minimum absolute atomic E-state index is 0.747. The highest BCUT2D eigenvalue weighted by Crippen LogP contribution is 2.12. The zero-order valence-corrected chi connectivity index (χ0v) is 10.1. The Morgan fingerprint density at radius 1 is 1.47 bits per heavy atom. The molecule has 0 aliphatic carbocycles. The summed E-state index contributed by atoms with van der Waals surface area (Å²) < 4.78 is 7.71.